The second kappa shape index (κ2) is 8.67. The van der Waals surface area contributed by atoms with E-state index in [-0.39, 0.29) is 16.9 Å². The first kappa shape index (κ1) is 19.6. The average Bonchev–Trinajstić information content (AvgIpc) is 3.14. The smallest absolute Gasteiger partial charge is 0.275 e. The monoisotopic (exact) mass is 402 g/mol. The van der Waals surface area contributed by atoms with Crippen LogP contribution in [0.3, 0.4) is 0 Å². The van der Waals surface area contributed by atoms with E-state index in [0.29, 0.717) is 44.3 Å². The van der Waals surface area contributed by atoms with Gasteiger partial charge < -0.3 is 15.0 Å². The SMILES string of the molecule is O=C(C[NH+]1CCN(S(=O)(=O)c2ccc(Cl)cc2)CC1)NC[C@@H]1CCCO1. The lowest BCUT2D eigenvalue weighted by atomic mass is 10.2. The van der Waals surface area contributed by atoms with E-state index < -0.39 is 10.0 Å². The van der Waals surface area contributed by atoms with Gasteiger partial charge in [-0.1, -0.05) is 11.6 Å². The van der Waals surface area contributed by atoms with Gasteiger partial charge in [0.05, 0.1) is 37.2 Å². The van der Waals surface area contributed by atoms with Crippen LogP contribution in [0.25, 0.3) is 0 Å². The van der Waals surface area contributed by atoms with Gasteiger partial charge in [-0.05, 0) is 37.1 Å². The number of hydrogen-bond donors (Lipinski definition) is 2. The van der Waals surface area contributed by atoms with E-state index in [1.54, 1.807) is 12.1 Å². The molecule has 2 heterocycles. The molecule has 0 radical (unpaired) electrons. The maximum absolute atomic E-state index is 12.7. The molecule has 0 spiro atoms. The van der Waals surface area contributed by atoms with Crippen molar-refractivity contribution in [1.82, 2.24) is 9.62 Å². The number of sulfonamides is 1. The molecule has 7 nitrogen and oxygen atoms in total. The normalized spacial score (nSPS) is 22.4. The van der Waals surface area contributed by atoms with Gasteiger partial charge in [-0.3, -0.25) is 4.79 Å². The highest BCUT2D eigenvalue weighted by Gasteiger charge is 2.31. The van der Waals surface area contributed by atoms with E-state index in [2.05, 4.69) is 5.32 Å². The number of ether oxygens (including phenoxy) is 1. The van der Waals surface area contributed by atoms with Crippen molar-refractivity contribution in [1.29, 1.82) is 0 Å². The van der Waals surface area contributed by atoms with Gasteiger partial charge in [0.25, 0.3) is 5.91 Å². The number of halogens is 1. The van der Waals surface area contributed by atoms with Crippen molar-refractivity contribution in [3.05, 3.63) is 29.3 Å². The Balaban J connectivity index is 1.46. The van der Waals surface area contributed by atoms with Crippen LogP contribution < -0.4 is 10.2 Å². The van der Waals surface area contributed by atoms with Crippen LogP contribution in [0, 0.1) is 0 Å². The van der Waals surface area contributed by atoms with Crippen molar-refractivity contribution < 1.29 is 22.8 Å². The highest BCUT2D eigenvalue weighted by atomic mass is 35.5. The van der Waals surface area contributed by atoms with Gasteiger partial charge in [0.2, 0.25) is 10.0 Å². The van der Waals surface area contributed by atoms with Gasteiger partial charge in [0, 0.05) is 18.2 Å². The van der Waals surface area contributed by atoms with Crippen molar-refractivity contribution in [2.45, 2.75) is 23.8 Å². The van der Waals surface area contributed by atoms with Crippen LogP contribution in [0.15, 0.2) is 29.2 Å². The first-order chi connectivity index (χ1) is 12.4. The molecule has 2 N–H and O–H groups in total. The van der Waals surface area contributed by atoms with E-state index in [1.165, 1.54) is 16.4 Å². The molecule has 0 bridgehead atoms. The number of rotatable bonds is 6. The summed E-state index contributed by atoms with van der Waals surface area (Å²) in [5.41, 5.74) is 0. The summed E-state index contributed by atoms with van der Waals surface area (Å²) in [7, 11) is -3.51. The maximum atomic E-state index is 12.7. The molecule has 0 aromatic heterocycles. The van der Waals surface area contributed by atoms with Crippen molar-refractivity contribution in [3.8, 4) is 0 Å². The predicted octanol–water partition coefficient (Wildman–Crippen LogP) is -0.476. The van der Waals surface area contributed by atoms with Gasteiger partial charge in [-0.15, -0.1) is 0 Å². The second-order valence-corrected chi connectivity index (χ2v) is 9.10. The minimum atomic E-state index is -3.51. The number of carbonyl (C=O) groups excluding carboxylic acids is 1. The molecular formula is C17H25ClN3O4S+. The molecule has 0 unspecified atom stereocenters. The standard InChI is InChI=1S/C17H24ClN3O4S/c18-14-3-5-16(6-4-14)26(23,24)21-9-7-20(8-10-21)13-17(22)19-12-15-2-1-11-25-15/h3-6,15H,1-2,7-13H2,(H,19,22)/p+1/t15-/m0/s1. The van der Waals surface area contributed by atoms with E-state index in [0.717, 1.165) is 24.3 Å². The van der Waals surface area contributed by atoms with Gasteiger partial charge in [-0.25, -0.2) is 8.42 Å². The molecule has 1 aromatic rings. The predicted molar refractivity (Wildman–Crippen MR) is 97.8 cm³/mol. The van der Waals surface area contributed by atoms with Crippen LogP contribution in [-0.2, 0) is 19.6 Å². The topological polar surface area (TPSA) is 80.2 Å². The fourth-order valence-corrected chi connectivity index (χ4v) is 4.87. The first-order valence-corrected chi connectivity index (χ1v) is 10.7. The number of benzene rings is 1. The number of carbonyl (C=O) groups is 1. The fraction of sp³-hybridized carbons (Fsp3) is 0.588. The zero-order chi connectivity index (χ0) is 18.6. The lowest BCUT2D eigenvalue weighted by Crippen LogP contribution is -3.15. The van der Waals surface area contributed by atoms with Crippen molar-refractivity contribution in [3.63, 3.8) is 0 Å². The summed E-state index contributed by atoms with van der Waals surface area (Å²) in [4.78, 5) is 13.4. The molecule has 0 saturated carbocycles. The molecule has 144 valence electrons. The molecule has 1 amide bonds. The quantitative estimate of drug-likeness (QED) is 0.674. The van der Waals surface area contributed by atoms with Gasteiger partial charge in [-0.2, -0.15) is 4.31 Å². The summed E-state index contributed by atoms with van der Waals surface area (Å²) in [6.45, 7) is 3.72. The van der Waals surface area contributed by atoms with E-state index in [1.807, 2.05) is 0 Å². The number of hydrogen-bond acceptors (Lipinski definition) is 4. The molecule has 1 atom stereocenters. The number of amides is 1. The van der Waals surface area contributed by atoms with Crippen LogP contribution in [0.2, 0.25) is 5.02 Å². The maximum Gasteiger partial charge on any atom is 0.275 e. The molecule has 9 heteroatoms. The Morgan fingerprint density at radius 3 is 2.58 bits per heavy atom. The molecule has 2 aliphatic rings. The second-order valence-electron chi connectivity index (χ2n) is 6.72. The van der Waals surface area contributed by atoms with Gasteiger partial charge in [0.15, 0.2) is 6.54 Å². The summed E-state index contributed by atoms with van der Waals surface area (Å²) in [5.74, 6) is -0.00971. The Morgan fingerprint density at radius 2 is 1.96 bits per heavy atom. The van der Waals surface area contributed by atoms with Crippen molar-refractivity contribution >= 4 is 27.5 Å². The molecule has 26 heavy (non-hydrogen) atoms. The van der Waals surface area contributed by atoms with Gasteiger partial charge in [0.1, 0.15) is 0 Å². The number of quaternary nitrogens is 1. The third-order valence-electron chi connectivity index (χ3n) is 4.84. The first-order valence-electron chi connectivity index (χ1n) is 8.93. The third kappa shape index (κ3) is 4.95. The summed E-state index contributed by atoms with van der Waals surface area (Å²) >= 11 is 5.82. The zero-order valence-electron chi connectivity index (χ0n) is 14.6. The summed E-state index contributed by atoms with van der Waals surface area (Å²) in [5, 5.41) is 3.42. The molecule has 1 aromatic carbocycles. The summed E-state index contributed by atoms with van der Waals surface area (Å²) < 4.78 is 32.3. The highest BCUT2D eigenvalue weighted by molar-refractivity contribution is 7.89. The third-order valence-corrected chi connectivity index (χ3v) is 7.01. The molecule has 2 saturated heterocycles. The molecule has 3 rings (SSSR count). The summed E-state index contributed by atoms with van der Waals surface area (Å²) in [6.07, 6.45) is 2.18. The average molecular weight is 403 g/mol. The molecule has 2 aliphatic heterocycles. The van der Waals surface area contributed by atoms with E-state index in [4.69, 9.17) is 16.3 Å². The van der Waals surface area contributed by atoms with Gasteiger partial charge >= 0.3 is 0 Å². The minimum Gasteiger partial charge on any atom is -0.376 e. The molecule has 0 aliphatic carbocycles. The Kier molecular flexibility index (Phi) is 6.52. The van der Waals surface area contributed by atoms with Crippen molar-refractivity contribution in [2.75, 3.05) is 45.9 Å². The Morgan fingerprint density at radius 1 is 1.27 bits per heavy atom. The van der Waals surface area contributed by atoms with Crippen LogP contribution in [0.5, 0.6) is 0 Å². The highest BCUT2D eigenvalue weighted by Crippen LogP contribution is 2.18. The van der Waals surface area contributed by atoms with Crippen LogP contribution in [-0.4, -0.2) is 70.6 Å². The number of nitrogens with one attached hydrogen (secondary N) is 2. The minimum absolute atomic E-state index is 0.00971. The molecular weight excluding hydrogens is 378 g/mol. The van der Waals surface area contributed by atoms with Crippen LogP contribution in [0.4, 0.5) is 0 Å². The Bertz CT molecular complexity index is 712. The Labute approximate surface area is 159 Å². The van der Waals surface area contributed by atoms with E-state index >= 15 is 0 Å². The van der Waals surface area contributed by atoms with E-state index in [9.17, 15) is 13.2 Å². The fourth-order valence-electron chi connectivity index (χ4n) is 3.30. The Hall–Kier alpha value is -1.19. The van der Waals surface area contributed by atoms with Crippen molar-refractivity contribution in [2.24, 2.45) is 0 Å². The number of nitrogens with zero attached hydrogens (tertiary/aromatic N) is 1. The van der Waals surface area contributed by atoms with Crippen LogP contribution in [0.1, 0.15) is 12.8 Å². The largest absolute Gasteiger partial charge is 0.376 e. The number of piperazine rings is 1. The zero-order valence-corrected chi connectivity index (χ0v) is 16.2. The van der Waals surface area contributed by atoms with Crippen LogP contribution >= 0.6 is 11.6 Å². The lowest BCUT2D eigenvalue weighted by molar-refractivity contribution is -0.895. The molecule has 2 fully saturated rings. The summed E-state index contributed by atoms with van der Waals surface area (Å²) in [6, 6.07) is 6.20. The lowest BCUT2D eigenvalue weighted by Gasteiger charge is -2.31.